The number of rotatable bonds is 5. The molecule has 0 radical (unpaired) electrons. The molecule has 0 aliphatic rings. The lowest BCUT2D eigenvalue weighted by Gasteiger charge is -2.10. The average Bonchev–Trinajstić information content (AvgIpc) is 3.37. The lowest BCUT2D eigenvalue weighted by molar-refractivity contribution is 0.662. The highest BCUT2D eigenvalue weighted by molar-refractivity contribution is 7.98. The predicted octanol–water partition coefficient (Wildman–Crippen LogP) is 3.04. The van der Waals surface area contributed by atoms with Crippen molar-refractivity contribution in [3.05, 3.63) is 62.2 Å². The van der Waals surface area contributed by atoms with Crippen LogP contribution in [0.1, 0.15) is 19.2 Å². The summed E-state index contributed by atoms with van der Waals surface area (Å²) in [6, 6.07) is 9.30. The van der Waals surface area contributed by atoms with Crippen molar-refractivity contribution in [2.24, 2.45) is 0 Å². The van der Waals surface area contributed by atoms with Crippen LogP contribution < -0.4 is 11.1 Å². The van der Waals surface area contributed by atoms with E-state index in [1.807, 2.05) is 47.0 Å². The number of H-pyrrole nitrogens is 1. The predicted molar refractivity (Wildman–Crippen MR) is 115 cm³/mol. The molecule has 5 rings (SSSR count). The minimum Gasteiger partial charge on any atom is -0.309 e. The van der Waals surface area contributed by atoms with E-state index in [1.165, 1.54) is 23.1 Å². The van der Waals surface area contributed by atoms with Crippen molar-refractivity contribution in [1.29, 1.82) is 0 Å². The minimum atomic E-state index is -0.131. The number of fused-ring (bicyclic) bond motifs is 4. The van der Waals surface area contributed by atoms with Crippen molar-refractivity contribution in [1.82, 2.24) is 29.1 Å². The Balaban J connectivity index is 1.61. The Labute approximate surface area is 172 Å². The highest BCUT2D eigenvalue weighted by atomic mass is 32.2. The van der Waals surface area contributed by atoms with Gasteiger partial charge in [0.1, 0.15) is 10.5 Å². The zero-order valence-corrected chi connectivity index (χ0v) is 17.1. The highest BCUT2D eigenvalue weighted by Gasteiger charge is 2.17. The molecule has 8 nitrogen and oxygen atoms in total. The minimum absolute atomic E-state index is 0.0622. The number of thioether (sulfide) groups is 1. The summed E-state index contributed by atoms with van der Waals surface area (Å²) in [4.78, 5) is 32.4. The van der Waals surface area contributed by atoms with Crippen molar-refractivity contribution < 1.29 is 0 Å². The maximum atomic E-state index is 12.9. The molecule has 4 aromatic heterocycles. The van der Waals surface area contributed by atoms with Gasteiger partial charge in [0.15, 0.2) is 5.16 Å². The van der Waals surface area contributed by atoms with Gasteiger partial charge in [0.05, 0.1) is 22.2 Å². The fourth-order valence-corrected chi connectivity index (χ4v) is 4.91. The smallest absolute Gasteiger partial charge is 0.268 e. The molecule has 0 spiro atoms. The van der Waals surface area contributed by atoms with Gasteiger partial charge >= 0.3 is 0 Å². The molecule has 1 aromatic carbocycles. The summed E-state index contributed by atoms with van der Waals surface area (Å²) in [7, 11) is 0. The molecule has 146 valence electrons. The zero-order valence-electron chi connectivity index (χ0n) is 15.5. The fraction of sp³-hybridized carbons (Fsp3) is 0.211. The van der Waals surface area contributed by atoms with Crippen LogP contribution in [0.25, 0.3) is 26.9 Å². The molecule has 5 aromatic rings. The van der Waals surface area contributed by atoms with Gasteiger partial charge in [-0.1, -0.05) is 30.8 Å². The van der Waals surface area contributed by atoms with E-state index < -0.39 is 0 Å². The quantitative estimate of drug-likeness (QED) is 0.436. The summed E-state index contributed by atoms with van der Waals surface area (Å²) in [5.74, 6) is 1.53. The Morgan fingerprint density at radius 3 is 2.90 bits per heavy atom. The number of aromatic nitrogens is 6. The fourth-order valence-electron chi connectivity index (χ4n) is 3.38. The zero-order chi connectivity index (χ0) is 20.0. The summed E-state index contributed by atoms with van der Waals surface area (Å²) in [6.07, 6.45) is 0.815. The number of hydrogen-bond donors (Lipinski definition) is 1. The number of aryl methyl sites for hydroxylation is 1. The number of para-hydroxylation sites is 1. The third kappa shape index (κ3) is 2.95. The molecule has 0 bridgehead atoms. The van der Waals surface area contributed by atoms with Crippen LogP contribution in [-0.4, -0.2) is 29.1 Å². The van der Waals surface area contributed by atoms with Crippen molar-refractivity contribution >= 4 is 50.0 Å². The van der Waals surface area contributed by atoms with Gasteiger partial charge in [-0.05, 0) is 30.0 Å². The van der Waals surface area contributed by atoms with Gasteiger partial charge in [-0.2, -0.15) is 0 Å². The van der Waals surface area contributed by atoms with E-state index in [1.54, 1.807) is 4.57 Å². The van der Waals surface area contributed by atoms with Crippen LogP contribution >= 0.6 is 23.1 Å². The van der Waals surface area contributed by atoms with E-state index in [4.69, 9.17) is 0 Å². The van der Waals surface area contributed by atoms with Crippen LogP contribution in [0.5, 0.6) is 0 Å². The molecule has 0 aliphatic carbocycles. The van der Waals surface area contributed by atoms with E-state index in [0.717, 1.165) is 11.9 Å². The van der Waals surface area contributed by atoms with E-state index in [2.05, 4.69) is 20.2 Å². The summed E-state index contributed by atoms with van der Waals surface area (Å²) < 4.78 is 4.19. The van der Waals surface area contributed by atoms with E-state index in [9.17, 15) is 9.59 Å². The Morgan fingerprint density at radius 1 is 1.17 bits per heavy atom. The molecule has 1 N–H and O–H groups in total. The van der Waals surface area contributed by atoms with Gasteiger partial charge in [0, 0.05) is 6.54 Å². The van der Waals surface area contributed by atoms with Crippen molar-refractivity contribution in [2.45, 2.75) is 30.8 Å². The molecule has 4 heterocycles. The third-order valence-corrected chi connectivity index (χ3v) is 6.47. The molecule has 0 unspecified atom stereocenters. The monoisotopic (exact) mass is 424 g/mol. The van der Waals surface area contributed by atoms with E-state index in [0.29, 0.717) is 44.7 Å². The number of hydrogen-bond acceptors (Lipinski definition) is 7. The molecule has 0 saturated carbocycles. The largest absolute Gasteiger partial charge is 0.309 e. The van der Waals surface area contributed by atoms with Gasteiger partial charge < -0.3 is 4.98 Å². The van der Waals surface area contributed by atoms with Gasteiger partial charge in [-0.3, -0.25) is 18.6 Å². The molecule has 0 atom stereocenters. The van der Waals surface area contributed by atoms with Crippen LogP contribution in [0.15, 0.2) is 50.5 Å². The van der Waals surface area contributed by atoms with E-state index >= 15 is 0 Å². The molecule has 29 heavy (non-hydrogen) atoms. The van der Waals surface area contributed by atoms with Crippen LogP contribution in [0, 0.1) is 0 Å². The number of benzene rings is 1. The maximum Gasteiger partial charge on any atom is 0.268 e. The highest BCUT2D eigenvalue weighted by Crippen LogP contribution is 2.24. The lowest BCUT2D eigenvalue weighted by atomic mass is 10.2. The molecular formula is C19H16N6O2S2. The second-order valence-electron chi connectivity index (χ2n) is 6.53. The molecular weight excluding hydrogens is 408 g/mol. The first kappa shape index (κ1) is 18.1. The molecule has 0 aliphatic heterocycles. The van der Waals surface area contributed by atoms with Gasteiger partial charge in [-0.15, -0.1) is 21.5 Å². The Hall–Kier alpha value is -2.98. The standard InChI is InChI=1S/C19H16N6O2S2/c1-2-8-24-17(27)11-5-3-4-6-13(11)25-18(24)22-23-19(25)29-10-14-20-12-7-9-28-15(12)16(26)21-14/h3-7,9H,2,8,10H2,1H3,(H,20,21,26). The summed E-state index contributed by atoms with van der Waals surface area (Å²) in [5, 5.41) is 11.7. The number of aromatic amines is 1. The summed E-state index contributed by atoms with van der Waals surface area (Å²) >= 11 is 2.80. The summed E-state index contributed by atoms with van der Waals surface area (Å²) in [6.45, 7) is 2.59. The Kier molecular flexibility index (Phi) is 4.44. The molecule has 0 amide bonds. The van der Waals surface area contributed by atoms with E-state index in [-0.39, 0.29) is 11.1 Å². The van der Waals surface area contributed by atoms with Crippen molar-refractivity contribution in [3.63, 3.8) is 0 Å². The van der Waals surface area contributed by atoms with Gasteiger partial charge in [-0.25, -0.2) is 4.98 Å². The first-order valence-electron chi connectivity index (χ1n) is 9.13. The summed E-state index contributed by atoms with van der Waals surface area (Å²) in [5.41, 5.74) is 1.27. The van der Waals surface area contributed by atoms with Crippen LogP contribution in [-0.2, 0) is 12.3 Å². The SMILES string of the molecule is CCCn1c(=O)c2ccccc2n2c(SCc3nc4ccsc4c(=O)[nH]3)nnc12. The Morgan fingerprint density at radius 2 is 2.03 bits per heavy atom. The number of nitrogens with one attached hydrogen (secondary N) is 1. The van der Waals surface area contributed by atoms with Gasteiger partial charge in [0.2, 0.25) is 5.78 Å². The molecule has 10 heteroatoms. The lowest BCUT2D eigenvalue weighted by Crippen LogP contribution is -2.23. The normalized spacial score (nSPS) is 11.8. The number of thiophene rings is 1. The van der Waals surface area contributed by atoms with Crippen molar-refractivity contribution in [3.8, 4) is 0 Å². The van der Waals surface area contributed by atoms with Crippen LogP contribution in [0.2, 0.25) is 0 Å². The Bertz CT molecular complexity index is 1480. The number of nitrogens with zero attached hydrogens (tertiary/aromatic N) is 5. The second kappa shape index (κ2) is 7.12. The first-order valence-corrected chi connectivity index (χ1v) is 11.0. The maximum absolute atomic E-state index is 12.9. The molecule has 0 saturated heterocycles. The second-order valence-corrected chi connectivity index (χ2v) is 8.39. The third-order valence-electron chi connectivity index (χ3n) is 4.63. The molecule has 0 fully saturated rings. The van der Waals surface area contributed by atoms with Gasteiger partial charge in [0.25, 0.3) is 11.1 Å². The van der Waals surface area contributed by atoms with Crippen molar-refractivity contribution in [2.75, 3.05) is 0 Å². The van der Waals surface area contributed by atoms with Crippen LogP contribution in [0.3, 0.4) is 0 Å². The average molecular weight is 425 g/mol. The topological polar surface area (TPSA) is 97.9 Å². The van der Waals surface area contributed by atoms with Crippen LogP contribution in [0.4, 0.5) is 0 Å². The first-order chi connectivity index (χ1) is 14.2.